The summed E-state index contributed by atoms with van der Waals surface area (Å²) in [5.74, 6) is 0.550. The number of fused-ring (bicyclic) bond motifs is 1. The number of benzene rings is 1. The van der Waals surface area contributed by atoms with E-state index in [2.05, 4.69) is 15.3 Å². The van der Waals surface area contributed by atoms with Crippen LogP contribution >= 0.6 is 0 Å². The first kappa shape index (κ1) is 21.0. The van der Waals surface area contributed by atoms with Gasteiger partial charge in [0.15, 0.2) is 0 Å². The number of nitrogens with zero attached hydrogens (tertiary/aromatic N) is 3. The molecule has 0 unspecified atom stereocenters. The fourth-order valence-corrected chi connectivity index (χ4v) is 3.16. The smallest absolute Gasteiger partial charge is 0.342 e. The predicted octanol–water partition coefficient (Wildman–Crippen LogP) is 3.90. The Balaban J connectivity index is 1.49. The van der Waals surface area contributed by atoms with E-state index in [9.17, 15) is 9.59 Å². The van der Waals surface area contributed by atoms with Gasteiger partial charge >= 0.3 is 5.97 Å². The molecule has 1 N–H and O–H groups in total. The lowest BCUT2D eigenvalue weighted by atomic mass is 10.2. The molecular weight excluding hydrogens is 408 g/mol. The third kappa shape index (κ3) is 4.75. The molecule has 0 saturated carbocycles. The molecule has 8 heteroatoms. The Labute approximate surface area is 184 Å². The van der Waals surface area contributed by atoms with Gasteiger partial charge < -0.3 is 14.8 Å². The van der Waals surface area contributed by atoms with E-state index < -0.39 is 5.97 Å². The number of esters is 1. The van der Waals surface area contributed by atoms with Crippen LogP contribution in [0.3, 0.4) is 0 Å². The van der Waals surface area contributed by atoms with Gasteiger partial charge in [-0.3, -0.25) is 9.20 Å². The van der Waals surface area contributed by atoms with Crippen LogP contribution in [0.5, 0.6) is 5.75 Å². The van der Waals surface area contributed by atoms with Gasteiger partial charge in [0.25, 0.3) is 5.56 Å². The Bertz CT molecular complexity index is 1320. The van der Waals surface area contributed by atoms with E-state index in [-0.39, 0.29) is 17.7 Å². The first-order valence-electron chi connectivity index (χ1n) is 10.1. The standard InChI is InChI=1S/C24H22N4O4/c1-3-31-19-9-7-17(8-10-19)27-23-20(5-4-12-25-23)24(30)32-15-18-13-22(29)28-14-16(2)6-11-21(28)26-18/h4-14H,3,15H2,1-2H3,(H,25,27). The second-order valence-electron chi connectivity index (χ2n) is 7.08. The largest absolute Gasteiger partial charge is 0.494 e. The Morgan fingerprint density at radius 1 is 1.12 bits per heavy atom. The van der Waals surface area contributed by atoms with Crippen LogP contribution in [-0.4, -0.2) is 26.9 Å². The van der Waals surface area contributed by atoms with Gasteiger partial charge in [-0.25, -0.2) is 14.8 Å². The molecule has 3 aromatic heterocycles. The van der Waals surface area contributed by atoms with Gasteiger partial charge in [-0.15, -0.1) is 0 Å². The minimum atomic E-state index is -0.572. The van der Waals surface area contributed by atoms with Crippen LogP contribution < -0.4 is 15.6 Å². The monoisotopic (exact) mass is 430 g/mol. The van der Waals surface area contributed by atoms with Crippen LogP contribution in [0.25, 0.3) is 5.65 Å². The minimum absolute atomic E-state index is 0.129. The normalized spacial score (nSPS) is 10.7. The van der Waals surface area contributed by atoms with Crippen molar-refractivity contribution in [1.82, 2.24) is 14.4 Å². The molecule has 0 atom stereocenters. The topological polar surface area (TPSA) is 94.8 Å². The number of hydrogen-bond acceptors (Lipinski definition) is 7. The number of anilines is 2. The highest BCUT2D eigenvalue weighted by Crippen LogP contribution is 2.22. The van der Waals surface area contributed by atoms with Crippen LogP contribution in [-0.2, 0) is 11.3 Å². The van der Waals surface area contributed by atoms with Crippen molar-refractivity contribution in [2.24, 2.45) is 0 Å². The lowest BCUT2D eigenvalue weighted by Gasteiger charge is -2.11. The van der Waals surface area contributed by atoms with E-state index in [4.69, 9.17) is 9.47 Å². The Morgan fingerprint density at radius 3 is 2.72 bits per heavy atom. The molecule has 1 aromatic carbocycles. The number of aryl methyl sites for hydroxylation is 1. The molecule has 0 amide bonds. The van der Waals surface area contributed by atoms with Crippen molar-refractivity contribution in [2.45, 2.75) is 20.5 Å². The Kier molecular flexibility index (Phi) is 6.12. The van der Waals surface area contributed by atoms with Crippen molar-refractivity contribution < 1.29 is 14.3 Å². The summed E-state index contributed by atoms with van der Waals surface area (Å²) in [7, 11) is 0. The highest BCUT2D eigenvalue weighted by atomic mass is 16.5. The molecule has 0 aliphatic rings. The third-order valence-corrected chi connectivity index (χ3v) is 4.67. The van der Waals surface area contributed by atoms with Crippen LogP contribution in [0.1, 0.15) is 28.5 Å². The molecule has 4 aromatic rings. The highest BCUT2D eigenvalue weighted by molar-refractivity contribution is 5.95. The van der Waals surface area contributed by atoms with Gasteiger partial charge in [-0.1, -0.05) is 6.07 Å². The minimum Gasteiger partial charge on any atom is -0.494 e. The summed E-state index contributed by atoms with van der Waals surface area (Å²) in [6, 6.07) is 15.6. The highest BCUT2D eigenvalue weighted by Gasteiger charge is 2.15. The molecule has 0 bridgehead atoms. The van der Waals surface area contributed by atoms with Crippen LogP contribution in [0.15, 0.2) is 71.8 Å². The quantitative estimate of drug-likeness (QED) is 0.444. The number of hydrogen-bond donors (Lipinski definition) is 1. The van der Waals surface area contributed by atoms with Crippen LogP contribution in [0.2, 0.25) is 0 Å². The average molecular weight is 430 g/mol. The van der Waals surface area contributed by atoms with Gasteiger partial charge in [0.1, 0.15) is 29.4 Å². The number of nitrogens with one attached hydrogen (secondary N) is 1. The maximum atomic E-state index is 12.7. The van der Waals surface area contributed by atoms with Crippen LogP contribution in [0.4, 0.5) is 11.5 Å². The molecule has 8 nitrogen and oxygen atoms in total. The maximum absolute atomic E-state index is 12.7. The average Bonchev–Trinajstić information content (AvgIpc) is 2.80. The zero-order valence-corrected chi connectivity index (χ0v) is 17.7. The number of carbonyl (C=O) groups excluding carboxylic acids is 1. The SMILES string of the molecule is CCOc1ccc(Nc2ncccc2C(=O)OCc2cc(=O)n3cc(C)ccc3n2)cc1. The Hall–Kier alpha value is -4.20. The van der Waals surface area contributed by atoms with Gasteiger partial charge in [-0.2, -0.15) is 0 Å². The zero-order chi connectivity index (χ0) is 22.5. The number of ether oxygens (including phenoxy) is 2. The number of aromatic nitrogens is 3. The second kappa shape index (κ2) is 9.30. The lowest BCUT2D eigenvalue weighted by molar-refractivity contribution is 0.0468. The zero-order valence-electron chi connectivity index (χ0n) is 17.7. The van der Waals surface area contributed by atoms with Gasteiger partial charge in [0.05, 0.1) is 12.3 Å². The molecule has 0 aliphatic carbocycles. The molecule has 4 rings (SSSR count). The molecule has 0 fully saturated rings. The molecule has 3 heterocycles. The first-order chi connectivity index (χ1) is 15.5. The van der Waals surface area contributed by atoms with E-state index in [1.165, 1.54) is 10.5 Å². The van der Waals surface area contributed by atoms with Gasteiger partial charge in [0, 0.05) is 24.1 Å². The number of carbonyl (C=O) groups is 1. The summed E-state index contributed by atoms with van der Waals surface area (Å²) >= 11 is 0. The third-order valence-electron chi connectivity index (χ3n) is 4.67. The first-order valence-corrected chi connectivity index (χ1v) is 10.1. The molecule has 0 spiro atoms. The molecule has 0 aliphatic heterocycles. The van der Waals surface area contributed by atoms with Gasteiger partial charge in [0.2, 0.25) is 0 Å². The van der Waals surface area contributed by atoms with Crippen molar-refractivity contribution >= 4 is 23.1 Å². The van der Waals surface area contributed by atoms with Crippen molar-refractivity contribution in [3.05, 3.63) is 94.2 Å². The summed E-state index contributed by atoms with van der Waals surface area (Å²) in [5.41, 5.74) is 2.61. The summed E-state index contributed by atoms with van der Waals surface area (Å²) in [6.07, 6.45) is 3.30. The van der Waals surface area contributed by atoms with Crippen molar-refractivity contribution in [2.75, 3.05) is 11.9 Å². The Morgan fingerprint density at radius 2 is 1.94 bits per heavy atom. The predicted molar refractivity (Wildman–Crippen MR) is 120 cm³/mol. The summed E-state index contributed by atoms with van der Waals surface area (Å²) in [6.45, 7) is 4.27. The fraction of sp³-hybridized carbons (Fsp3) is 0.167. The number of pyridine rings is 2. The molecular formula is C24H22N4O4. The molecule has 162 valence electrons. The summed E-state index contributed by atoms with van der Waals surface area (Å²) in [5, 5.41) is 3.12. The number of rotatable bonds is 7. The van der Waals surface area contributed by atoms with E-state index in [1.54, 1.807) is 30.6 Å². The maximum Gasteiger partial charge on any atom is 0.342 e. The van der Waals surface area contributed by atoms with Crippen molar-refractivity contribution in [3.8, 4) is 5.75 Å². The van der Waals surface area contributed by atoms with Gasteiger partial charge in [-0.05, 0) is 61.9 Å². The van der Waals surface area contributed by atoms with E-state index in [0.29, 0.717) is 23.8 Å². The molecule has 32 heavy (non-hydrogen) atoms. The molecule has 0 saturated heterocycles. The summed E-state index contributed by atoms with van der Waals surface area (Å²) < 4.78 is 12.3. The van der Waals surface area contributed by atoms with E-state index in [1.807, 2.05) is 44.2 Å². The fourth-order valence-electron chi connectivity index (χ4n) is 3.16. The van der Waals surface area contributed by atoms with E-state index >= 15 is 0 Å². The van der Waals surface area contributed by atoms with Crippen molar-refractivity contribution in [1.29, 1.82) is 0 Å². The van der Waals surface area contributed by atoms with E-state index in [0.717, 1.165) is 17.0 Å². The van der Waals surface area contributed by atoms with Crippen LogP contribution in [0, 0.1) is 6.92 Å². The summed E-state index contributed by atoms with van der Waals surface area (Å²) in [4.78, 5) is 33.7. The van der Waals surface area contributed by atoms with Crippen molar-refractivity contribution in [3.63, 3.8) is 0 Å². The second-order valence-corrected chi connectivity index (χ2v) is 7.08. The molecule has 0 radical (unpaired) electrons. The lowest BCUT2D eigenvalue weighted by Crippen LogP contribution is -2.17.